The molecule has 0 aliphatic rings. The van der Waals surface area contributed by atoms with Gasteiger partial charge in [0.05, 0.1) is 11.2 Å². The molecule has 1 aromatic heterocycles. The average Bonchev–Trinajstić information content (AvgIpc) is 2.58. The van der Waals surface area contributed by atoms with Crippen molar-refractivity contribution >= 4 is 27.5 Å². The highest BCUT2D eigenvalue weighted by atomic mass is 32.2. The Morgan fingerprint density at radius 3 is 2.79 bits per heavy atom. The Labute approximate surface area is 83.0 Å². The van der Waals surface area contributed by atoms with Gasteiger partial charge >= 0.3 is 0 Å². The van der Waals surface area contributed by atoms with Gasteiger partial charge in [0.2, 0.25) is 10.9 Å². The van der Waals surface area contributed by atoms with E-state index < -0.39 is 10.9 Å². The van der Waals surface area contributed by atoms with Crippen LogP contribution in [0.4, 0.5) is 5.69 Å². The van der Waals surface area contributed by atoms with Gasteiger partial charge in [-0.2, -0.15) is 0 Å². The van der Waals surface area contributed by atoms with Crippen molar-refractivity contribution in [2.45, 2.75) is 6.92 Å². The second kappa shape index (κ2) is 3.34. The molecule has 0 fully saturated rings. The molecule has 2 rings (SSSR count). The Morgan fingerprint density at radius 1 is 1.29 bits per heavy atom. The zero-order valence-electron chi connectivity index (χ0n) is 7.57. The van der Waals surface area contributed by atoms with E-state index in [0.29, 0.717) is 5.69 Å². The number of fused-ring (bicyclic) bond motifs is 1. The summed E-state index contributed by atoms with van der Waals surface area (Å²) in [6, 6.07) is 5.56. The standard InChI is InChI=1S/C9H10N2O2S/c1-6-2-3-8(11-14(12)13)9-7(6)4-5-10-9/h2-5,10,14H,1H3,(H,11,12,13). The van der Waals surface area contributed by atoms with Crippen LogP contribution in [0.5, 0.6) is 0 Å². The van der Waals surface area contributed by atoms with Crippen molar-refractivity contribution in [3.05, 3.63) is 30.0 Å². The summed E-state index contributed by atoms with van der Waals surface area (Å²) in [5.74, 6) is 0. The third kappa shape index (κ3) is 1.46. The van der Waals surface area contributed by atoms with E-state index in [1.165, 1.54) is 0 Å². The van der Waals surface area contributed by atoms with Crippen molar-refractivity contribution < 1.29 is 8.42 Å². The number of aromatic amines is 1. The van der Waals surface area contributed by atoms with Crippen molar-refractivity contribution in [3.63, 3.8) is 0 Å². The molecule has 2 aromatic rings. The largest absolute Gasteiger partial charge is 0.359 e. The fourth-order valence-electron chi connectivity index (χ4n) is 1.49. The van der Waals surface area contributed by atoms with Crippen LogP contribution in [0, 0.1) is 6.92 Å². The Kier molecular flexibility index (Phi) is 2.17. The zero-order chi connectivity index (χ0) is 10.1. The lowest BCUT2D eigenvalue weighted by atomic mass is 10.1. The third-order valence-corrected chi connectivity index (χ3v) is 2.58. The summed E-state index contributed by atoms with van der Waals surface area (Å²) in [4.78, 5) is 3.00. The van der Waals surface area contributed by atoms with Gasteiger partial charge in [0, 0.05) is 11.6 Å². The van der Waals surface area contributed by atoms with Crippen molar-refractivity contribution in [1.82, 2.24) is 4.98 Å². The van der Waals surface area contributed by atoms with Gasteiger partial charge in [0.25, 0.3) is 0 Å². The molecule has 0 saturated heterocycles. The first-order chi connectivity index (χ1) is 6.68. The summed E-state index contributed by atoms with van der Waals surface area (Å²) >= 11 is 0. The molecule has 1 heterocycles. The Bertz CT molecular complexity index is 535. The maximum atomic E-state index is 10.5. The molecule has 0 radical (unpaired) electrons. The lowest BCUT2D eigenvalue weighted by Gasteiger charge is -2.02. The number of H-pyrrole nitrogens is 1. The van der Waals surface area contributed by atoms with Crippen LogP contribution in [0.25, 0.3) is 10.9 Å². The van der Waals surface area contributed by atoms with E-state index in [1.807, 2.05) is 19.1 Å². The minimum Gasteiger partial charge on any atom is -0.359 e. The number of nitrogens with one attached hydrogen (secondary N) is 2. The van der Waals surface area contributed by atoms with Gasteiger partial charge in [-0.1, -0.05) is 6.07 Å². The molecule has 74 valence electrons. The normalized spacial score (nSPS) is 11.0. The Balaban J connectivity index is 2.66. The maximum Gasteiger partial charge on any atom is 0.222 e. The van der Waals surface area contributed by atoms with Crippen LogP contribution in [0.2, 0.25) is 0 Å². The highest BCUT2D eigenvalue weighted by Crippen LogP contribution is 2.24. The van der Waals surface area contributed by atoms with E-state index in [1.54, 1.807) is 12.3 Å². The topological polar surface area (TPSA) is 62.0 Å². The van der Waals surface area contributed by atoms with Gasteiger partial charge in [0.15, 0.2) is 0 Å². The number of rotatable bonds is 2. The van der Waals surface area contributed by atoms with Gasteiger partial charge in [-0.3, -0.25) is 4.72 Å². The van der Waals surface area contributed by atoms with E-state index >= 15 is 0 Å². The van der Waals surface area contributed by atoms with Crippen molar-refractivity contribution in [3.8, 4) is 0 Å². The Morgan fingerprint density at radius 2 is 2.07 bits per heavy atom. The molecular formula is C9H10N2O2S. The summed E-state index contributed by atoms with van der Waals surface area (Å²) in [6.45, 7) is 1.98. The van der Waals surface area contributed by atoms with Crippen LogP contribution >= 0.6 is 0 Å². The van der Waals surface area contributed by atoms with Gasteiger partial charge in [0.1, 0.15) is 0 Å². The second-order valence-electron chi connectivity index (χ2n) is 3.07. The number of thiol groups is 1. The summed E-state index contributed by atoms with van der Waals surface area (Å²) in [6.07, 6.45) is 1.79. The molecule has 4 nitrogen and oxygen atoms in total. The molecule has 14 heavy (non-hydrogen) atoms. The lowest BCUT2D eigenvalue weighted by molar-refractivity contribution is 0.619. The third-order valence-electron chi connectivity index (χ3n) is 2.15. The summed E-state index contributed by atoms with van der Waals surface area (Å²) < 4.78 is 23.4. The fraction of sp³-hybridized carbons (Fsp3) is 0.111. The minimum atomic E-state index is -2.61. The SMILES string of the molecule is Cc1ccc(N[SH](=O)=O)c2[nH]ccc12. The number of benzene rings is 1. The van der Waals surface area contributed by atoms with Crippen LogP contribution in [0.1, 0.15) is 5.56 Å². The number of hydrogen-bond acceptors (Lipinski definition) is 2. The molecule has 5 heteroatoms. The predicted molar refractivity (Wildman–Crippen MR) is 57.0 cm³/mol. The van der Waals surface area contributed by atoms with Crippen LogP contribution in [-0.2, 0) is 10.9 Å². The second-order valence-corrected chi connectivity index (χ2v) is 3.80. The first-order valence-electron chi connectivity index (χ1n) is 4.16. The summed E-state index contributed by atoms with van der Waals surface area (Å²) in [5, 5.41) is 1.03. The van der Waals surface area contributed by atoms with Crippen molar-refractivity contribution in [2.75, 3.05) is 4.72 Å². The van der Waals surface area contributed by atoms with Crippen LogP contribution in [-0.4, -0.2) is 13.4 Å². The number of hydrogen-bond donors (Lipinski definition) is 3. The molecule has 0 aliphatic carbocycles. The predicted octanol–water partition coefficient (Wildman–Crippen LogP) is 1.41. The van der Waals surface area contributed by atoms with E-state index in [0.717, 1.165) is 16.5 Å². The highest BCUT2D eigenvalue weighted by Gasteiger charge is 2.03. The van der Waals surface area contributed by atoms with Crippen LogP contribution in [0.15, 0.2) is 24.4 Å². The monoisotopic (exact) mass is 210 g/mol. The average molecular weight is 210 g/mol. The number of anilines is 1. The summed E-state index contributed by atoms with van der Waals surface area (Å²) in [7, 11) is -2.61. The lowest BCUT2D eigenvalue weighted by Crippen LogP contribution is -1.95. The van der Waals surface area contributed by atoms with Crippen LogP contribution < -0.4 is 4.72 Å². The quantitative estimate of drug-likeness (QED) is 0.656. The Hall–Kier alpha value is -1.49. The fourth-order valence-corrected chi connectivity index (χ4v) is 1.88. The molecule has 1 aromatic carbocycles. The van der Waals surface area contributed by atoms with E-state index in [9.17, 15) is 8.42 Å². The zero-order valence-corrected chi connectivity index (χ0v) is 8.47. The first-order valence-corrected chi connectivity index (χ1v) is 5.34. The van der Waals surface area contributed by atoms with E-state index in [2.05, 4.69) is 9.71 Å². The van der Waals surface area contributed by atoms with Gasteiger partial charge < -0.3 is 4.98 Å². The molecule has 0 amide bonds. The van der Waals surface area contributed by atoms with Crippen molar-refractivity contribution in [1.29, 1.82) is 0 Å². The number of aryl methyl sites for hydroxylation is 1. The molecule has 2 N–H and O–H groups in total. The van der Waals surface area contributed by atoms with Gasteiger partial charge in [-0.05, 0) is 24.6 Å². The minimum absolute atomic E-state index is 0.590. The molecular weight excluding hydrogens is 200 g/mol. The maximum absolute atomic E-state index is 10.5. The first kappa shape index (κ1) is 9.08. The molecule has 0 bridgehead atoms. The van der Waals surface area contributed by atoms with Gasteiger partial charge in [-0.15, -0.1) is 0 Å². The van der Waals surface area contributed by atoms with E-state index in [4.69, 9.17) is 0 Å². The van der Waals surface area contributed by atoms with Gasteiger partial charge in [-0.25, -0.2) is 8.42 Å². The summed E-state index contributed by atoms with van der Waals surface area (Å²) in [5.41, 5.74) is 2.53. The highest BCUT2D eigenvalue weighted by molar-refractivity contribution is 7.73. The number of aromatic nitrogens is 1. The molecule has 0 atom stereocenters. The molecule has 0 unspecified atom stereocenters. The van der Waals surface area contributed by atoms with Crippen molar-refractivity contribution in [2.24, 2.45) is 0 Å². The van der Waals surface area contributed by atoms with Crippen LogP contribution in [0.3, 0.4) is 0 Å². The van der Waals surface area contributed by atoms with E-state index in [-0.39, 0.29) is 0 Å². The smallest absolute Gasteiger partial charge is 0.222 e. The molecule has 0 saturated carbocycles. The molecule has 0 spiro atoms. The molecule has 0 aliphatic heterocycles.